The van der Waals surface area contributed by atoms with Gasteiger partial charge in [-0.1, -0.05) is 39.3 Å². The number of aromatic nitrogens is 2. The first-order valence-corrected chi connectivity index (χ1v) is 13.0. The fourth-order valence-electron chi connectivity index (χ4n) is 4.83. The summed E-state index contributed by atoms with van der Waals surface area (Å²) in [6.07, 6.45) is 1.33. The van der Waals surface area contributed by atoms with Crippen LogP contribution < -0.4 is 10.3 Å². The van der Waals surface area contributed by atoms with E-state index < -0.39 is 6.04 Å². The van der Waals surface area contributed by atoms with Crippen molar-refractivity contribution in [3.63, 3.8) is 0 Å². The second-order valence-electron chi connectivity index (χ2n) is 10.8. The second kappa shape index (κ2) is 12.1. The molecular formula is C29H38ClN3O4. The lowest BCUT2D eigenvalue weighted by molar-refractivity contribution is -0.135. The maximum Gasteiger partial charge on any atom is 0.266 e. The number of nitrogens with zero attached hydrogens (tertiary/aromatic N) is 3. The number of benzene rings is 2. The van der Waals surface area contributed by atoms with Crippen LogP contribution in [0.5, 0.6) is 5.75 Å². The Morgan fingerprint density at radius 1 is 1.11 bits per heavy atom. The average Bonchev–Trinajstić information content (AvgIpc) is 2.82. The summed E-state index contributed by atoms with van der Waals surface area (Å²) >= 11 is 6.24. The highest BCUT2D eigenvalue weighted by molar-refractivity contribution is 6.31. The third kappa shape index (κ3) is 7.11. The van der Waals surface area contributed by atoms with Crippen molar-refractivity contribution in [1.29, 1.82) is 0 Å². The summed E-state index contributed by atoms with van der Waals surface area (Å²) in [5, 5.41) is 0.938. The van der Waals surface area contributed by atoms with Crippen LogP contribution in [0.3, 0.4) is 0 Å². The van der Waals surface area contributed by atoms with Gasteiger partial charge >= 0.3 is 0 Å². The maximum absolute atomic E-state index is 13.8. The number of hydrogen-bond donors (Lipinski definition) is 0. The van der Waals surface area contributed by atoms with E-state index in [1.54, 1.807) is 54.0 Å². The Morgan fingerprint density at radius 3 is 2.38 bits per heavy atom. The monoisotopic (exact) mass is 527 g/mol. The van der Waals surface area contributed by atoms with Gasteiger partial charge in [0.15, 0.2) is 0 Å². The summed E-state index contributed by atoms with van der Waals surface area (Å²) < 4.78 is 12.2. The zero-order valence-corrected chi connectivity index (χ0v) is 23.6. The van der Waals surface area contributed by atoms with Gasteiger partial charge in [0.25, 0.3) is 5.56 Å². The van der Waals surface area contributed by atoms with Crippen LogP contribution in [0.4, 0.5) is 0 Å². The molecule has 0 saturated carbocycles. The molecular weight excluding hydrogens is 490 g/mol. The van der Waals surface area contributed by atoms with Crippen molar-refractivity contribution in [2.45, 2.75) is 53.5 Å². The lowest BCUT2D eigenvalue weighted by atomic mass is 9.84. The van der Waals surface area contributed by atoms with E-state index in [2.05, 4.69) is 27.7 Å². The van der Waals surface area contributed by atoms with Gasteiger partial charge < -0.3 is 14.4 Å². The molecule has 0 bridgehead atoms. The molecule has 1 heterocycles. The minimum atomic E-state index is -0.498. The molecule has 0 fully saturated rings. The van der Waals surface area contributed by atoms with Gasteiger partial charge in [-0.25, -0.2) is 4.98 Å². The van der Waals surface area contributed by atoms with Crippen LogP contribution in [-0.4, -0.2) is 47.7 Å². The number of rotatable bonds is 10. The third-order valence-electron chi connectivity index (χ3n) is 6.37. The second-order valence-corrected chi connectivity index (χ2v) is 11.2. The molecule has 0 spiro atoms. The van der Waals surface area contributed by atoms with Gasteiger partial charge in [0.2, 0.25) is 5.91 Å². The Bertz CT molecular complexity index is 1280. The predicted molar refractivity (Wildman–Crippen MR) is 149 cm³/mol. The molecule has 0 saturated heterocycles. The smallest absolute Gasteiger partial charge is 0.266 e. The molecule has 3 rings (SSSR count). The molecule has 3 aromatic rings. The highest BCUT2D eigenvalue weighted by Crippen LogP contribution is 2.29. The number of hydrogen-bond acceptors (Lipinski definition) is 5. The number of ether oxygens (including phenoxy) is 2. The zero-order valence-electron chi connectivity index (χ0n) is 22.9. The average molecular weight is 528 g/mol. The number of carbonyl (C=O) groups is 1. The third-order valence-corrected chi connectivity index (χ3v) is 6.60. The Labute approximate surface area is 224 Å². The van der Waals surface area contributed by atoms with E-state index in [4.69, 9.17) is 26.1 Å². The van der Waals surface area contributed by atoms with Crippen molar-refractivity contribution in [1.82, 2.24) is 14.5 Å². The number of carbonyl (C=O) groups excluding carboxylic acids is 1. The highest BCUT2D eigenvalue weighted by atomic mass is 35.5. The first-order valence-electron chi connectivity index (χ1n) is 12.6. The van der Waals surface area contributed by atoms with E-state index in [-0.39, 0.29) is 22.8 Å². The van der Waals surface area contributed by atoms with Crippen LogP contribution in [0.2, 0.25) is 5.02 Å². The van der Waals surface area contributed by atoms with Crippen molar-refractivity contribution in [2.75, 3.05) is 27.4 Å². The SMILES string of the molecule is COCCN(C(=O)CC(C)CC(C)(C)C)C(C)c1nc2cc(Cl)ccc2c(=O)n1-c1ccc(OC)cc1. The Hall–Kier alpha value is -2.90. The molecule has 0 radical (unpaired) electrons. The minimum Gasteiger partial charge on any atom is -0.497 e. The predicted octanol–water partition coefficient (Wildman–Crippen LogP) is 6.05. The summed E-state index contributed by atoms with van der Waals surface area (Å²) in [7, 11) is 3.20. The topological polar surface area (TPSA) is 73.7 Å². The van der Waals surface area contributed by atoms with Crippen molar-refractivity contribution in [3.8, 4) is 11.4 Å². The fourth-order valence-corrected chi connectivity index (χ4v) is 5.00. The molecule has 37 heavy (non-hydrogen) atoms. The quantitative estimate of drug-likeness (QED) is 0.321. The van der Waals surface area contributed by atoms with E-state index in [0.29, 0.717) is 52.8 Å². The van der Waals surface area contributed by atoms with E-state index in [1.807, 2.05) is 19.1 Å². The van der Waals surface area contributed by atoms with Crippen molar-refractivity contribution >= 4 is 28.4 Å². The number of halogens is 1. The van der Waals surface area contributed by atoms with E-state index in [1.165, 1.54) is 0 Å². The van der Waals surface area contributed by atoms with Crippen LogP contribution in [0.1, 0.15) is 59.3 Å². The molecule has 200 valence electrons. The molecule has 1 aromatic heterocycles. The van der Waals surface area contributed by atoms with Crippen LogP contribution in [0.15, 0.2) is 47.3 Å². The van der Waals surface area contributed by atoms with Crippen molar-refractivity contribution in [2.24, 2.45) is 11.3 Å². The largest absolute Gasteiger partial charge is 0.497 e. The Morgan fingerprint density at radius 2 is 1.78 bits per heavy atom. The van der Waals surface area contributed by atoms with E-state index >= 15 is 0 Å². The van der Waals surface area contributed by atoms with E-state index in [0.717, 1.165) is 6.42 Å². The van der Waals surface area contributed by atoms with Gasteiger partial charge in [-0.2, -0.15) is 0 Å². The number of fused-ring (bicyclic) bond motifs is 1. The van der Waals surface area contributed by atoms with Crippen LogP contribution in [0, 0.1) is 11.3 Å². The van der Waals surface area contributed by atoms with Gasteiger partial charge in [-0.3, -0.25) is 14.2 Å². The fraction of sp³-hybridized carbons (Fsp3) is 0.483. The van der Waals surface area contributed by atoms with Gasteiger partial charge in [-0.05, 0) is 67.1 Å². The molecule has 1 amide bonds. The van der Waals surface area contributed by atoms with Crippen LogP contribution in [0.25, 0.3) is 16.6 Å². The Kier molecular flexibility index (Phi) is 9.37. The van der Waals surface area contributed by atoms with Crippen LogP contribution >= 0.6 is 11.6 Å². The molecule has 2 atom stereocenters. The molecule has 0 aliphatic heterocycles. The maximum atomic E-state index is 13.8. The molecule has 0 aliphatic rings. The first kappa shape index (κ1) is 28.7. The first-order chi connectivity index (χ1) is 17.4. The molecule has 8 heteroatoms. The molecule has 7 nitrogen and oxygen atoms in total. The minimum absolute atomic E-state index is 0.00280. The lowest BCUT2D eigenvalue weighted by Gasteiger charge is -2.32. The normalized spacial score (nSPS) is 13.4. The van der Waals surface area contributed by atoms with Crippen molar-refractivity contribution in [3.05, 3.63) is 63.7 Å². The summed E-state index contributed by atoms with van der Waals surface area (Å²) in [5.74, 6) is 1.34. The lowest BCUT2D eigenvalue weighted by Crippen LogP contribution is -2.40. The highest BCUT2D eigenvalue weighted by Gasteiger charge is 2.28. The van der Waals surface area contributed by atoms with Crippen molar-refractivity contribution < 1.29 is 14.3 Å². The Balaban J connectivity index is 2.13. The molecule has 0 aliphatic carbocycles. The number of methoxy groups -OCH3 is 2. The molecule has 2 unspecified atom stereocenters. The molecule has 0 N–H and O–H groups in total. The van der Waals surface area contributed by atoms with Gasteiger partial charge in [0.1, 0.15) is 11.6 Å². The summed E-state index contributed by atoms with van der Waals surface area (Å²) in [4.78, 5) is 34.0. The van der Waals surface area contributed by atoms with E-state index in [9.17, 15) is 9.59 Å². The standard InChI is InChI=1S/C29H38ClN3O4/c1-19(18-29(3,4)5)16-26(34)32(14-15-36-6)20(2)27-31-25-17-21(30)8-13-24(25)28(35)33(27)22-9-11-23(37-7)12-10-22/h8-13,17,19-20H,14-16,18H2,1-7H3. The summed E-state index contributed by atoms with van der Waals surface area (Å²) in [6.45, 7) is 11.3. The zero-order chi connectivity index (χ0) is 27.3. The van der Waals surface area contributed by atoms with Gasteiger partial charge in [-0.15, -0.1) is 0 Å². The van der Waals surface area contributed by atoms with Gasteiger partial charge in [0, 0.05) is 25.1 Å². The summed E-state index contributed by atoms with van der Waals surface area (Å²) in [6, 6.07) is 11.8. The van der Waals surface area contributed by atoms with Crippen LogP contribution in [-0.2, 0) is 9.53 Å². The van der Waals surface area contributed by atoms with Gasteiger partial charge in [0.05, 0.1) is 36.3 Å². The molecule has 2 aromatic carbocycles. The number of amides is 1. The summed E-state index contributed by atoms with van der Waals surface area (Å²) in [5.41, 5.74) is 1.02.